The first-order chi connectivity index (χ1) is 9.74. The molecule has 0 unspecified atom stereocenters. The molecule has 0 atom stereocenters. The lowest BCUT2D eigenvalue weighted by Crippen LogP contribution is -2.65. The summed E-state index contributed by atoms with van der Waals surface area (Å²) < 4.78 is 2.38. The number of nitrogens with zero attached hydrogens (tertiary/aromatic N) is 4. The third-order valence-electron chi connectivity index (χ3n) is 4.39. The van der Waals surface area contributed by atoms with Crippen molar-refractivity contribution in [3.05, 3.63) is 20.8 Å². The van der Waals surface area contributed by atoms with Gasteiger partial charge in [-0.1, -0.05) is 13.8 Å². The lowest BCUT2D eigenvalue weighted by Gasteiger charge is -2.48. The molecule has 3 rings (SSSR count). The van der Waals surface area contributed by atoms with Crippen LogP contribution >= 0.6 is 0 Å². The number of aromatic nitrogens is 4. The van der Waals surface area contributed by atoms with E-state index in [4.69, 9.17) is 0 Å². The number of fused-ring (bicyclic) bond motifs is 1. The van der Waals surface area contributed by atoms with Gasteiger partial charge in [0.1, 0.15) is 5.60 Å². The van der Waals surface area contributed by atoms with Crippen LogP contribution < -0.4 is 16.1 Å². The van der Waals surface area contributed by atoms with Gasteiger partial charge in [-0.25, -0.2) is 4.79 Å². The molecule has 0 spiro atoms. The summed E-state index contributed by atoms with van der Waals surface area (Å²) in [7, 11) is 3.01. The molecule has 8 heteroatoms. The molecule has 0 radical (unpaired) electrons. The van der Waals surface area contributed by atoms with Crippen molar-refractivity contribution in [3.63, 3.8) is 0 Å². The summed E-state index contributed by atoms with van der Waals surface area (Å²) in [6.45, 7) is 4.85. The van der Waals surface area contributed by atoms with Crippen molar-refractivity contribution in [2.75, 3.05) is 18.0 Å². The van der Waals surface area contributed by atoms with Gasteiger partial charge in [0.25, 0.3) is 5.56 Å². The highest BCUT2D eigenvalue weighted by atomic mass is 16.3. The smallest absolute Gasteiger partial charge is 0.332 e. The largest absolute Gasteiger partial charge is 0.386 e. The van der Waals surface area contributed by atoms with Crippen LogP contribution in [0.25, 0.3) is 11.2 Å². The zero-order valence-corrected chi connectivity index (χ0v) is 12.5. The number of rotatable bonds is 2. The quantitative estimate of drug-likeness (QED) is 0.753. The summed E-state index contributed by atoms with van der Waals surface area (Å²) in [6.07, 6.45) is 0. The fraction of sp³-hybridized carbons (Fsp3) is 0.615. The van der Waals surface area contributed by atoms with E-state index in [1.165, 1.54) is 11.6 Å². The molecule has 1 aliphatic rings. The van der Waals surface area contributed by atoms with Gasteiger partial charge in [0, 0.05) is 14.1 Å². The lowest BCUT2D eigenvalue weighted by atomic mass is 9.83. The maximum absolute atomic E-state index is 12.1. The number of H-pyrrole nitrogens is 1. The normalized spacial score (nSPS) is 17.5. The van der Waals surface area contributed by atoms with Gasteiger partial charge in [0.05, 0.1) is 13.1 Å². The second-order valence-electron chi connectivity index (χ2n) is 6.08. The van der Waals surface area contributed by atoms with Gasteiger partial charge in [-0.2, -0.15) is 4.98 Å². The van der Waals surface area contributed by atoms with Crippen molar-refractivity contribution in [1.82, 2.24) is 19.1 Å². The average Bonchev–Trinajstić information content (AvgIpc) is 2.83. The molecule has 0 bridgehead atoms. The van der Waals surface area contributed by atoms with E-state index in [-0.39, 0.29) is 5.92 Å². The van der Waals surface area contributed by atoms with E-state index in [0.717, 1.165) is 4.57 Å². The molecule has 2 N–H and O–H groups in total. The van der Waals surface area contributed by atoms with E-state index in [1.807, 2.05) is 18.7 Å². The van der Waals surface area contributed by atoms with E-state index in [9.17, 15) is 14.7 Å². The Labute approximate surface area is 120 Å². The van der Waals surface area contributed by atoms with Crippen LogP contribution in [0.5, 0.6) is 0 Å². The predicted molar refractivity (Wildman–Crippen MR) is 78.6 cm³/mol. The fourth-order valence-electron chi connectivity index (χ4n) is 2.59. The molecule has 21 heavy (non-hydrogen) atoms. The number of imidazole rings is 1. The van der Waals surface area contributed by atoms with Crippen LogP contribution in [0.3, 0.4) is 0 Å². The molecule has 114 valence electrons. The topological polar surface area (TPSA) is 96.2 Å². The summed E-state index contributed by atoms with van der Waals surface area (Å²) in [6, 6.07) is 0. The molecule has 3 heterocycles. The number of anilines is 1. The Balaban J connectivity index is 2.05. The first-order valence-electron chi connectivity index (χ1n) is 6.87. The van der Waals surface area contributed by atoms with E-state index in [2.05, 4.69) is 9.97 Å². The maximum atomic E-state index is 12.1. The van der Waals surface area contributed by atoms with Crippen LogP contribution in [0.2, 0.25) is 0 Å². The molecule has 0 saturated carbocycles. The molecule has 2 aromatic rings. The SMILES string of the molecule is CC(C)C1(O)CN(c2nc3c([nH]2)c(=O)n(C)c(=O)n3C)C1. The second-order valence-corrected chi connectivity index (χ2v) is 6.08. The van der Waals surface area contributed by atoms with E-state index < -0.39 is 16.9 Å². The molecule has 0 aliphatic carbocycles. The predicted octanol–water partition coefficient (Wildman–Crippen LogP) is -0.833. The van der Waals surface area contributed by atoms with Crippen molar-refractivity contribution in [3.8, 4) is 0 Å². The van der Waals surface area contributed by atoms with E-state index in [1.54, 1.807) is 7.05 Å². The molecule has 2 aromatic heterocycles. The third kappa shape index (κ3) is 1.82. The number of hydrogen-bond donors (Lipinski definition) is 2. The third-order valence-corrected chi connectivity index (χ3v) is 4.39. The number of β-amino-alcohol motifs (C(OH)–C–C–N with tert-alkyl or cyclic N) is 1. The van der Waals surface area contributed by atoms with Crippen molar-refractivity contribution in [1.29, 1.82) is 0 Å². The molecule has 8 nitrogen and oxygen atoms in total. The van der Waals surface area contributed by atoms with Gasteiger partial charge < -0.3 is 15.0 Å². The number of nitrogens with one attached hydrogen (secondary N) is 1. The van der Waals surface area contributed by atoms with Gasteiger partial charge in [-0.05, 0) is 5.92 Å². The van der Waals surface area contributed by atoms with Crippen LogP contribution in [0, 0.1) is 5.92 Å². The van der Waals surface area contributed by atoms with Crippen molar-refractivity contribution >= 4 is 17.1 Å². The van der Waals surface area contributed by atoms with Gasteiger partial charge in [-0.3, -0.25) is 13.9 Å². The first-order valence-corrected chi connectivity index (χ1v) is 6.87. The minimum atomic E-state index is -0.726. The Morgan fingerprint density at radius 2 is 1.86 bits per heavy atom. The molecule has 0 amide bonds. The molecule has 1 saturated heterocycles. The average molecular weight is 293 g/mol. The molecule has 1 fully saturated rings. The Kier molecular flexibility index (Phi) is 2.78. The van der Waals surface area contributed by atoms with Crippen molar-refractivity contribution in [2.24, 2.45) is 20.0 Å². The van der Waals surface area contributed by atoms with Crippen LogP contribution in [-0.2, 0) is 14.1 Å². The minimum absolute atomic E-state index is 0.148. The van der Waals surface area contributed by atoms with Gasteiger partial charge in [-0.15, -0.1) is 0 Å². The highest BCUT2D eigenvalue weighted by Gasteiger charge is 2.44. The highest BCUT2D eigenvalue weighted by Crippen LogP contribution is 2.31. The highest BCUT2D eigenvalue weighted by molar-refractivity contribution is 5.73. The second kappa shape index (κ2) is 4.20. The zero-order valence-electron chi connectivity index (χ0n) is 12.5. The minimum Gasteiger partial charge on any atom is -0.386 e. The van der Waals surface area contributed by atoms with Crippen molar-refractivity contribution in [2.45, 2.75) is 19.4 Å². The van der Waals surface area contributed by atoms with Crippen LogP contribution in [0.1, 0.15) is 13.8 Å². The maximum Gasteiger partial charge on any atom is 0.332 e. The molecular weight excluding hydrogens is 274 g/mol. The van der Waals surface area contributed by atoms with Crippen LogP contribution in [0.15, 0.2) is 9.59 Å². The first kappa shape index (κ1) is 13.9. The lowest BCUT2D eigenvalue weighted by molar-refractivity contribution is -0.0307. The Hall–Kier alpha value is -2.09. The Morgan fingerprint density at radius 1 is 1.24 bits per heavy atom. The fourth-order valence-corrected chi connectivity index (χ4v) is 2.59. The number of aromatic amines is 1. The van der Waals surface area contributed by atoms with Crippen LogP contribution in [-0.4, -0.2) is 42.9 Å². The Morgan fingerprint density at radius 3 is 2.43 bits per heavy atom. The molecule has 1 aliphatic heterocycles. The van der Waals surface area contributed by atoms with Gasteiger partial charge >= 0.3 is 5.69 Å². The monoisotopic (exact) mass is 293 g/mol. The van der Waals surface area contributed by atoms with Gasteiger partial charge in [0.15, 0.2) is 11.2 Å². The number of hydrogen-bond acceptors (Lipinski definition) is 5. The summed E-state index contributed by atoms with van der Waals surface area (Å²) in [4.78, 5) is 33.1. The zero-order chi connectivity index (χ0) is 15.5. The van der Waals surface area contributed by atoms with E-state index in [0.29, 0.717) is 30.2 Å². The summed E-state index contributed by atoms with van der Waals surface area (Å²) >= 11 is 0. The molecular formula is C13H19N5O3. The Bertz CT molecular complexity index is 823. The van der Waals surface area contributed by atoms with Gasteiger partial charge in [0.2, 0.25) is 5.95 Å². The summed E-state index contributed by atoms with van der Waals surface area (Å²) in [5, 5.41) is 10.3. The summed E-state index contributed by atoms with van der Waals surface area (Å²) in [5.41, 5.74) is -0.900. The van der Waals surface area contributed by atoms with Crippen molar-refractivity contribution < 1.29 is 5.11 Å². The summed E-state index contributed by atoms with van der Waals surface area (Å²) in [5.74, 6) is 0.656. The van der Waals surface area contributed by atoms with E-state index >= 15 is 0 Å². The van der Waals surface area contributed by atoms with Crippen LogP contribution in [0.4, 0.5) is 5.95 Å². The standard InChI is InChI=1S/C13H19N5O3/c1-7(2)13(21)5-18(6-13)11-14-8-9(15-11)16(3)12(20)17(4)10(8)19/h7,21H,5-6H2,1-4H3,(H,14,15). The molecule has 0 aromatic carbocycles. The number of aliphatic hydroxyl groups is 1. The number of aryl methyl sites for hydroxylation is 1.